The van der Waals surface area contributed by atoms with Crippen LogP contribution >= 0.6 is 0 Å². The molecule has 4 heteroatoms. The molecule has 0 unspecified atom stereocenters. The number of carbonyl (C=O) groups is 1. The number of aryl methyl sites for hydroxylation is 1. The fourth-order valence-electron chi connectivity index (χ4n) is 1.51. The van der Waals surface area contributed by atoms with Crippen molar-refractivity contribution in [3.8, 4) is 11.3 Å². The molecule has 0 saturated heterocycles. The molecule has 1 N–H and O–H groups in total. The van der Waals surface area contributed by atoms with E-state index in [1.165, 1.54) is 0 Å². The Bertz CT molecular complexity index is 535. The SMILES string of the molecule is CCc1nccc(-c2ccc(C(=O)O)cc2)n1. The molecule has 4 nitrogen and oxygen atoms in total. The summed E-state index contributed by atoms with van der Waals surface area (Å²) in [4.78, 5) is 19.2. The number of hydrogen-bond donors (Lipinski definition) is 1. The van der Waals surface area contributed by atoms with Crippen LogP contribution in [0.25, 0.3) is 11.3 Å². The second-order valence-electron chi connectivity index (χ2n) is 3.59. The van der Waals surface area contributed by atoms with E-state index in [1.54, 1.807) is 30.5 Å². The highest BCUT2D eigenvalue weighted by atomic mass is 16.4. The molecule has 0 amide bonds. The van der Waals surface area contributed by atoms with Crippen LogP contribution < -0.4 is 0 Å². The minimum absolute atomic E-state index is 0.276. The highest BCUT2D eigenvalue weighted by Crippen LogP contribution is 2.17. The number of carboxylic acid groups (broad SMARTS) is 1. The van der Waals surface area contributed by atoms with Gasteiger partial charge >= 0.3 is 5.97 Å². The molecular formula is C13H12N2O2. The Morgan fingerprint density at radius 2 is 1.94 bits per heavy atom. The number of benzene rings is 1. The number of rotatable bonds is 3. The molecule has 86 valence electrons. The minimum Gasteiger partial charge on any atom is -0.478 e. The van der Waals surface area contributed by atoms with Crippen LogP contribution in [-0.2, 0) is 6.42 Å². The third-order valence-electron chi connectivity index (χ3n) is 2.45. The Labute approximate surface area is 99.0 Å². The van der Waals surface area contributed by atoms with Crippen molar-refractivity contribution in [3.05, 3.63) is 47.9 Å². The molecule has 1 heterocycles. The lowest BCUT2D eigenvalue weighted by Gasteiger charge is -2.02. The normalized spacial score (nSPS) is 10.2. The Balaban J connectivity index is 2.36. The lowest BCUT2D eigenvalue weighted by molar-refractivity contribution is 0.0697. The Morgan fingerprint density at radius 3 is 2.53 bits per heavy atom. The van der Waals surface area contributed by atoms with Crippen LogP contribution in [0.3, 0.4) is 0 Å². The first kappa shape index (κ1) is 11.3. The molecule has 2 rings (SSSR count). The van der Waals surface area contributed by atoms with Gasteiger partial charge in [-0.3, -0.25) is 0 Å². The van der Waals surface area contributed by atoms with Gasteiger partial charge in [0.05, 0.1) is 11.3 Å². The topological polar surface area (TPSA) is 63.1 Å². The molecule has 17 heavy (non-hydrogen) atoms. The van der Waals surface area contributed by atoms with E-state index < -0.39 is 5.97 Å². The average molecular weight is 228 g/mol. The monoisotopic (exact) mass is 228 g/mol. The molecule has 1 aromatic heterocycles. The standard InChI is InChI=1S/C13H12N2O2/c1-2-12-14-8-7-11(15-12)9-3-5-10(6-4-9)13(16)17/h3-8H,2H2,1H3,(H,16,17). The van der Waals surface area contributed by atoms with Crippen molar-refractivity contribution in [2.24, 2.45) is 0 Å². The van der Waals surface area contributed by atoms with E-state index in [4.69, 9.17) is 5.11 Å². The van der Waals surface area contributed by atoms with Crippen LogP contribution in [0.15, 0.2) is 36.5 Å². The van der Waals surface area contributed by atoms with Crippen molar-refractivity contribution in [3.63, 3.8) is 0 Å². The summed E-state index contributed by atoms with van der Waals surface area (Å²) in [6.45, 7) is 1.99. The first-order valence-electron chi connectivity index (χ1n) is 5.36. The second-order valence-corrected chi connectivity index (χ2v) is 3.59. The van der Waals surface area contributed by atoms with Crippen LogP contribution in [-0.4, -0.2) is 21.0 Å². The summed E-state index contributed by atoms with van der Waals surface area (Å²) < 4.78 is 0. The molecule has 0 bridgehead atoms. The maximum atomic E-state index is 10.7. The fourth-order valence-corrected chi connectivity index (χ4v) is 1.51. The van der Waals surface area contributed by atoms with E-state index in [1.807, 2.05) is 13.0 Å². The number of aromatic nitrogens is 2. The Morgan fingerprint density at radius 1 is 1.24 bits per heavy atom. The third-order valence-corrected chi connectivity index (χ3v) is 2.45. The summed E-state index contributed by atoms with van der Waals surface area (Å²) >= 11 is 0. The summed E-state index contributed by atoms with van der Waals surface area (Å²) in [5.74, 6) is -0.140. The zero-order chi connectivity index (χ0) is 12.3. The third kappa shape index (κ3) is 2.47. The maximum absolute atomic E-state index is 10.7. The first-order chi connectivity index (χ1) is 8.20. The van der Waals surface area contributed by atoms with Gasteiger partial charge in [-0.1, -0.05) is 19.1 Å². The lowest BCUT2D eigenvalue weighted by atomic mass is 10.1. The van der Waals surface area contributed by atoms with E-state index in [2.05, 4.69) is 9.97 Å². The first-order valence-corrected chi connectivity index (χ1v) is 5.36. The summed E-state index contributed by atoms with van der Waals surface area (Å²) in [6, 6.07) is 8.47. The molecule has 0 aliphatic heterocycles. The smallest absolute Gasteiger partial charge is 0.335 e. The van der Waals surface area contributed by atoms with Gasteiger partial charge in [-0.05, 0) is 18.2 Å². The van der Waals surface area contributed by atoms with Crippen molar-refractivity contribution < 1.29 is 9.90 Å². The van der Waals surface area contributed by atoms with Crippen molar-refractivity contribution in [1.82, 2.24) is 9.97 Å². The molecule has 0 fully saturated rings. The molecule has 1 aromatic carbocycles. The number of nitrogens with zero attached hydrogens (tertiary/aromatic N) is 2. The van der Waals surface area contributed by atoms with Gasteiger partial charge in [0, 0.05) is 18.2 Å². The van der Waals surface area contributed by atoms with E-state index >= 15 is 0 Å². The Hall–Kier alpha value is -2.23. The van der Waals surface area contributed by atoms with Gasteiger partial charge in [0.15, 0.2) is 0 Å². The van der Waals surface area contributed by atoms with E-state index in [0.717, 1.165) is 23.5 Å². The van der Waals surface area contributed by atoms with Crippen molar-refractivity contribution in [2.75, 3.05) is 0 Å². The summed E-state index contributed by atoms with van der Waals surface area (Å²) in [5.41, 5.74) is 1.99. The zero-order valence-corrected chi connectivity index (χ0v) is 9.42. The van der Waals surface area contributed by atoms with Crippen molar-refractivity contribution in [1.29, 1.82) is 0 Å². The molecule has 0 radical (unpaired) electrons. The van der Waals surface area contributed by atoms with Crippen LogP contribution in [0.5, 0.6) is 0 Å². The summed E-state index contributed by atoms with van der Waals surface area (Å²) in [7, 11) is 0. The summed E-state index contributed by atoms with van der Waals surface area (Å²) in [6.07, 6.45) is 2.49. The average Bonchev–Trinajstić information content (AvgIpc) is 2.39. The molecule has 2 aromatic rings. The second kappa shape index (κ2) is 4.74. The van der Waals surface area contributed by atoms with Crippen LogP contribution in [0.4, 0.5) is 0 Å². The largest absolute Gasteiger partial charge is 0.478 e. The van der Waals surface area contributed by atoms with Gasteiger partial charge < -0.3 is 5.11 Å². The quantitative estimate of drug-likeness (QED) is 0.876. The molecule has 0 aliphatic rings. The van der Waals surface area contributed by atoms with Crippen molar-refractivity contribution >= 4 is 5.97 Å². The maximum Gasteiger partial charge on any atom is 0.335 e. The Kier molecular flexibility index (Phi) is 3.14. The fraction of sp³-hybridized carbons (Fsp3) is 0.154. The van der Waals surface area contributed by atoms with Gasteiger partial charge in [0.2, 0.25) is 0 Å². The number of aromatic carboxylic acids is 1. The predicted molar refractivity (Wildman–Crippen MR) is 63.8 cm³/mol. The van der Waals surface area contributed by atoms with Crippen LogP contribution in [0, 0.1) is 0 Å². The molecule has 0 spiro atoms. The molecule has 0 aliphatic carbocycles. The van der Waals surface area contributed by atoms with Gasteiger partial charge in [-0.2, -0.15) is 0 Å². The van der Waals surface area contributed by atoms with E-state index in [9.17, 15) is 4.79 Å². The van der Waals surface area contributed by atoms with Crippen LogP contribution in [0.1, 0.15) is 23.1 Å². The van der Waals surface area contributed by atoms with Gasteiger partial charge in [0.25, 0.3) is 0 Å². The van der Waals surface area contributed by atoms with Gasteiger partial charge in [0.1, 0.15) is 5.82 Å². The minimum atomic E-state index is -0.923. The zero-order valence-electron chi connectivity index (χ0n) is 9.42. The van der Waals surface area contributed by atoms with Crippen LogP contribution in [0.2, 0.25) is 0 Å². The molecule has 0 saturated carbocycles. The van der Waals surface area contributed by atoms with E-state index in [0.29, 0.717) is 0 Å². The lowest BCUT2D eigenvalue weighted by Crippen LogP contribution is -1.96. The summed E-state index contributed by atoms with van der Waals surface area (Å²) in [5, 5.41) is 8.80. The highest BCUT2D eigenvalue weighted by molar-refractivity contribution is 5.88. The number of hydrogen-bond acceptors (Lipinski definition) is 3. The van der Waals surface area contributed by atoms with Gasteiger partial charge in [-0.25, -0.2) is 14.8 Å². The number of carboxylic acids is 1. The van der Waals surface area contributed by atoms with E-state index in [-0.39, 0.29) is 5.56 Å². The highest BCUT2D eigenvalue weighted by Gasteiger charge is 2.04. The predicted octanol–water partition coefficient (Wildman–Crippen LogP) is 2.40. The molecule has 0 atom stereocenters. The molecular weight excluding hydrogens is 216 g/mol. The van der Waals surface area contributed by atoms with Gasteiger partial charge in [-0.15, -0.1) is 0 Å². The van der Waals surface area contributed by atoms with Crippen molar-refractivity contribution in [2.45, 2.75) is 13.3 Å².